The van der Waals surface area contributed by atoms with Gasteiger partial charge >= 0.3 is 11.7 Å². The Bertz CT molecular complexity index is 767. The van der Waals surface area contributed by atoms with Gasteiger partial charge in [0.25, 0.3) is 0 Å². The molecule has 0 unspecified atom stereocenters. The molecule has 0 radical (unpaired) electrons. The van der Waals surface area contributed by atoms with Crippen molar-refractivity contribution in [3.05, 3.63) is 34.3 Å². The Hall–Kier alpha value is -2.57. The van der Waals surface area contributed by atoms with Gasteiger partial charge in [-0.25, -0.2) is 9.59 Å². The normalized spacial score (nSPS) is 14.8. The molecule has 0 bridgehead atoms. The minimum Gasteiger partial charge on any atom is -0.478 e. The van der Waals surface area contributed by atoms with E-state index in [1.807, 2.05) is 0 Å². The van der Waals surface area contributed by atoms with E-state index in [-0.39, 0.29) is 23.6 Å². The van der Waals surface area contributed by atoms with E-state index in [4.69, 9.17) is 9.52 Å². The molecule has 0 aliphatic carbocycles. The van der Waals surface area contributed by atoms with Crippen LogP contribution >= 0.6 is 0 Å². The lowest BCUT2D eigenvalue weighted by Gasteiger charge is -2.14. The lowest BCUT2D eigenvalue weighted by Crippen LogP contribution is -2.33. The summed E-state index contributed by atoms with van der Waals surface area (Å²) >= 11 is 0. The molecule has 1 aromatic carbocycles. The van der Waals surface area contributed by atoms with Gasteiger partial charge in [0.2, 0.25) is 5.91 Å². The number of aromatic carboxylic acids is 1. The van der Waals surface area contributed by atoms with Crippen LogP contribution < -0.4 is 5.76 Å². The summed E-state index contributed by atoms with van der Waals surface area (Å²) < 4.78 is 6.22. The molecule has 7 heteroatoms. The van der Waals surface area contributed by atoms with Crippen LogP contribution in [0.25, 0.3) is 11.1 Å². The first kappa shape index (κ1) is 13.4. The zero-order chi connectivity index (χ0) is 15.0. The molecule has 0 spiro atoms. The monoisotopic (exact) mass is 290 g/mol. The summed E-state index contributed by atoms with van der Waals surface area (Å²) in [4.78, 5) is 36.7. The Labute approximate surface area is 119 Å². The molecule has 2 aromatic rings. The maximum atomic E-state index is 12.1. The SMILES string of the molecule is O=C(O)c1ccc2oc(=O)n(CC(=O)N3CCCC3)c2c1. The first-order valence-electron chi connectivity index (χ1n) is 6.71. The van der Waals surface area contributed by atoms with Crippen molar-refractivity contribution in [1.82, 2.24) is 9.47 Å². The standard InChI is InChI=1S/C14H14N2O5/c17-12(15-5-1-2-6-15)8-16-10-7-9(13(18)19)3-4-11(10)21-14(16)20/h3-4,7H,1-2,5-6,8H2,(H,18,19). The molecular formula is C14H14N2O5. The number of oxazole rings is 1. The molecule has 1 saturated heterocycles. The molecule has 7 nitrogen and oxygen atoms in total. The Morgan fingerprint density at radius 1 is 1.24 bits per heavy atom. The molecule has 110 valence electrons. The largest absolute Gasteiger partial charge is 0.478 e. The molecule has 0 atom stereocenters. The number of carboxylic acids is 1. The summed E-state index contributed by atoms with van der Waals surface area (Å²) in [7, 11) is 0. The number of rotatable bonds is 3. The molecular weight excluding hydrogens is 276 g/mol. The van der Waals surface area contributed by atoms with Gasteiger partial charge in [-0.15, -0.1) is 0 Å². The van der Waals surface area contributed by atoms with Crippen LogP contribution in [0.2, 0.25) is 0 Å². The van der Waals surface area contributed by atoms with Crippen molar-refractivity contribution in [2.45, 2.75) is 19.4 Å². The number of amides is 1. The predicted molar refractivity (Wildman–Crippen MR) is 73.2 cm³/mol. The van der Waals surface area contributed by atoms with E-state index in [0.29, 0.717) is 18.6 Å². The highest BCUT2D eigenvalue weighted by atomic mass is 16.4. The van der Waals surface area contributed by atoms with Gasteiger partial charge < -0.3 is 14.4 Å². The van der Waals surface area contributed by atoms with E-state index in [9.17, 15) is 14.4 Å². The zero-order valence-electron chi connectivity index (χ0n) is 11.2. The number of aromatic nitrogens is 1. The molecule has 3 rings (SSSR count). The Morgan fingerprint density at radius 2 is 1.95 bits per heavy atom. The Balaban J connectivity index is 1.98. The van der Waals surface area contributed by atoms with Crippen molar-refractivity contribution in [3.63, 3.8) is 0 Å². The number of hydrogen-bond acceptors (Lipinski definition) is 4. The summed E-state index contributed by atoms with van der Waals surface area (Å²) in [5.74, 6) is -1.90. The third kappa shape index (κ3) is 2.42. The molecule has 1 fully saturated rings. The van der Waals surface area contributed by atoms with Crippen LogP contribution in [0, 0.1) is 0 Å². The number of fused-ring (bicyclic) bond motifs is 1. The highest BCUT2D eigenvalue weighted by Gasteiger charge is 2.21. The lowest BCUT2D eigenvalue weighted by atomic mass is 10.2. The molecule has 2 heterocycles. The molecule has 1 aromatic heterocycles. The van der Waals surface area contributed by atoms with Crippen molar-refractivity contribution in [2.24, 2.45) is 0 Å². The summed E-state index contributed by atoms with van der Waals surface area (Å²) in [6.07, 6.45) is 1.94. The topological polar surface area (TPSA) is 92.7 Å². The number of carbonyl (C=O) groups excluding carboxylic acids is 1. The maximum absolute atomic E-state index is 12.1. The van der Waals surface area contributed by atoms with Crippen LogP contribution in [0.15, 0.2) is 27.4 Å². The van der Waals surface area contributed by atoms with E-state index in [1.54, 1.807) is 4.90 Å². The second-order valence-corrected chi connectivity index (χ2v) is 5.03. The number of benzene rings is 1. The first-order valence-corrected chi connectivity index (χ1v) is 6.71. The van der Waals surface area contributed by atoms with Gasteiger partial charge in [0.05, 0.1) is 11.1 Å². The minimum absolute atomic E-state index is 0.0469. The maximum Gasteiger partial charge on any atom is 0.420 e. The van der Waals surface area contributed by atoms with E-state index in [1.165, 1.54) is 22.8 Å². The Kier molecular flexibility index (Phi) is 3.25. The van der Waals surface area contributed by atoms with Gasteiger partial charge in [-0.05, 0) is 31.0 Å². The van der Waals surface area contributed by atoms with Crippen LogP contribution in [0.3, 0.4) is 0 Å². The Morgan fingerprint density at radius 3 is 2.62 bits per heavy atom. The summed E-state index contributed by atoms with van der Waals surface area (Å²) in [5, 5.41) is 9.00. The van der Waals surface area contributed by atoms with Crippen molar-refractivity contribution in [1.29, 1.82) is 0 Å². The van der Waals surface area contributed by atoms with Crippen LogP contribution in [0.5, 0.6) is 0 Å². The highest BCUT2D eigenvalue weighted by molar-refractivity contribution is 5.92. The molecule has 1 aliphatic heterocycles. The van der Waals surface area contributed by atoms with Gasteiger partial charge in [0.15, 0.2) is 5.58 Å². The van der Waals surface area contributed by atoms with Gasteiger partial charge in [-0.3, -0.25) is 9.36 Å². The average molecular weight is 290 g/mol. The summed E-state index contributed by atoms with van der Waals surface area (Å²) in [6, 6.07) is 4.14. The fourth-order valence-corrected chi connectivity index (χ4v) is 2.55. The second kappa shape index (κ2) is 5.08. The average Bonchev–Trinajstić information content (AvgIpc) is 3.07. The quantitative estimate of drug-likeness (QED) is 0.907. The number of hydrogen-bond donors (Lipinski definition) is 1. The van der Waals surface area contributed by atoms with E-state index in [2.05, 4.69) is 0 Å². The van der Waals surface area contributed by atoms with E-state index in [0.717, 1.165) is 12.8 Å². The minimum atomic E-state index is -1.09. The van der Waals surface area contributed by atoms with Crippen molar-refractivity contribution in [2.75, 3.05) is 13.1 Å². The predicted octanol–water partition coefficient (Wildman–Crippen LogP) is 0.915. The van der Waals surface area contributed by atoms with E-state index < -0.39 is 11.7 Å². The van der Waals surface area contributed by atoms with Crippen molar-refractivity contribution >= 4 is 23.0 Å². The number of nitrogens with zero attached hydrogens (tertiary/aromatic N) is 2. The number of likely N-dealkylation sites (tertiary alicyclic amines) is 1. The fraction of sp³-hybridized carbons (Fsp3) is 0.357. The van der Waals surface area contributed by atoms with Crippen LogP contribution in [-0.4, -0.2) is 39.5 Å². The van der Waals surface area contributed by atoms with Gasteiger partial charge in [0.1, 0.15) is 6.54 Å². The molecule has 0 saturated carbocycles. The third-order valence-electron chi connectivity index (χ3n) is 3.67. The zero-order valence-corrected chi connectivity index (χ0v) is 11.2. The van der Waals surface area contributed by atoms with Crippen LogP contribution in [-0.2, 0) is 11.3 Å². The summed E-state index contributed by atoms with van der Waals surface area (Å²) in [6.45, 7) is 1.27. The number of carbonyl (C=O) groups is 2. The van der Waals surface area contributed by atoms with Crippen LogP contribution in [0.4, 0.5) is 0 Å². The fourth-order valence-electron chi connectivity index (χ4n) is 2.55. The number of carboxylic acid groups (broad SMARTS) is 1. The lowest BCUT2D eigenvalue weighted by molar-refractivity contribution is -0.130. The second-order valence-electron chi connectivity index (χ2n) is 5.03. The van der Waals surface area contributed by atoms with Gasteiger partial charge in [0, 0.05) is 13.1 Å². The summed E-state index contributed by atoms with van der Waals surface area (Å²) in [5.41, 5.74) is 0.650. The first-order chi connectivity index (χ1) is 10.1. The van der Waals surface area contributed by atoms with Crippen LogP contribution in [0.1, 0.15) is 23.2 Å². The van der Waals surface area contributed by atoms with E-state index >= 15 is 0 Å². The molecule has 1 N–H and O–H groups in total. The smallest absolute Gasteiger partial charge is 0.420 e. The molecule has 1 aliphatic rings. The molecule has 1 amide bonds. The highest BCUT2D eigenvalue weighted by Crippen LogP contribution is 2.16. The van der Waals surface area contributed by atoms with Crippen molar-refractivity contribution < 1.29 is 19.1 Å². The van der Waals surface area contributed by atoms with Gasteiger partial charge in [-0.2, -0.15) is 0 Å². The van der Waals surface area contributed by atoms with Gasteiger partial charge in [-0.1, -0.05) is 0 Å². The third-order valence-corrected chi connectivity index (χ3v) is 3.67. The molecule has 21 heavy (non-hydrogen) atoms. The van der Waals surface area contributed by atoms with Crippen molar-refractivity contribution in [3.8, 4) is 0 Å².